The summed E-state index contributed by atoms with van der Waals surface area (Å²) >= 11 is 0. The summed E-state index contributed by atoms with van der Waals surface area (Å²) in [5, 5.41) is 1.30. The van der Waals surface area contributed by atoms with Crippen LogP contribution in [0.5, 0.6) is 5.75 Å². The largest absolute Gasteiger partial charge is 0.488 e. The van der Waals surface area contributed by atoms with Gasteiger partial charge >= 0.3 is 0 Å². The minimum Gasteiger partial charge on any atom is -0.488 e. The number of hydrogen-bond acceptors (Lipinski definition) is 2. The van der Waals surface area contributed by atoms with E-state index in [9.17, 15) is 0 Å². The van der Waals surface area contributed by atoms with Gasteiger partial charge < -0.3 is 4.74 Å². The lowest BCUT2D eigenvalue weighted by Gasteiger charge is -2.33. The minimum absolute atomic E-state index is 0.0652. The second-order valence-corrected chi connectivity index (χ2v) is 11.5. The van der Waals surface area contributed by atoms with Crippen molar-refractivity contribution in [1.82, 2.24) is 0 Å². The molecular weight excluding hydrogens is 457 g/mol. The quantitative estimate of drug-likeness (QED) is 0.169. The van der Waals surface area contributed by atoms with Crippen molar-refractivity contribution in [2.24, 2.45) is 4.99 Å². The molecule has 4 rings (SSSR count). The Morgan fingerprint density at radius 3 is 2.22 bits per heavy atom. The van der Waals surface area contributed by atoms with Crippen LogP contribution in [0.3, 0.4) is 0 Å². The number of para-hydroxylation sites is 1. The average molecular weight is 494 g/mol. The van der Waals surface area contributed by atoms with Gasteiger partial charge in [-0.1, -0.05) is 107 Å². The summed E-state index contributed by atoms with van der Waals surface area (Å²) in [5.74, 6) is 1.02. The molecule has 3 heteroatoms. The first-order valence-electron chi connectivity index (χ1n) is 12.6. The standard InChI is InChI=1S/C33H36NOP/c1-6-33(5,30-21-24(2)20-26(4)31(30)35-23-27-15-9-7-10-16-27)36-32-25(3)14-13-17-28(32)22-34-29-18-11-8-12-19-29/h7-22,36H,6,23H2,1-5H3. The number of ether oxygens (including phenoxy) is 1. The first-order chi connectivity index (χ1) is 17.4. The average Bonchev–Trinajstić information content (AvgIpc) is 2.89. The van der Waals surface area contributed by atoms with Crippen molar-refractivity contribution in [3.8, 4) is 5.75 Å². The van der Waals surface area contributed by atoms with E-state index in [0.717, 1.165) is 17.9 Å². The number of aliphatic imine (C=N–C) groups is 1. The van der Waals surface area contributed by atoms with Crippen molar-refractivity contribution in [3.63, 3.8) is 0 Å². The van der Waals surface area contributed by atoms with Crippen molar-refractivity contribution in [2.75, 3.05) is 0 Å². The van der Waals surface area contributed by atoms with E-state index >= 15 is 0 Å². The zero-order valence-electron chi connectivity index (χ0n) is 22.0. The molecule has 4 aromatic carbocycles. The summed E-state index contributed by atoms with van der Waals surface area (Å²) in [6.07, 6.45) is 3.04. The Bertz CT molecular complexity index is 1330. The lowest BCUT2D eigenvalue weighted by molar-refractivity contribution is 0.297. The number of benzene rings is 4. The van der Waals surface area contributed by atoms with Crippen molar-refractivity contribution in [1.29, 1.82) is 0 Å². The maximum Gasteiger partial charge on any atom is 0.126 e. The fourth-order valence-corrected chi connectivity index (χ4v) is 6.16. The van der Waals surface area contributed by atoms with Gasteiger partial charge in [-0.15, -0.1) is 0 Å². The van der Waals surface area contributed by atoms with E-state index in [1.807, 2.05) is 42.6 Å². The summed E-state index contributed by atoms with van der Waals surface area (Å²) in [6.45, 7) is 11.8. The highest BCUT2D eigenvalue weighted by atomic mass is 31.1. The van der Waals surface area contributed by atoms with Crippen LogP contribution in [0.15, 0.2) is 96.0 Å². The molecule has 0 N–H and O–H groups in total. The Morgan fingerprint density at radius 1 is 0.833 bits per heavy atom. The number of aryl methyl sites for hydroxylation is 3. The monoisotopic (exact) mass is 493 g/mol. The van der Waals surface area contributed by atoms with E-state index in [4.69, 9.17) is 9.73 Å². The van der Waals surface area contributed by atoms with Gasteiger partial charge in [0.25, 0.3) is 0 Å². The molecule has 0 radical (unpaired) electrons. The molecule has 0 aliphatic rings. The number of hydrogen-bond donors (Lipinski definition) is 0. The highest BCUT2D eigenvalue weighted by Crippen LogP contribution is 2.49. The molecule has 0 amide bonds. The van der Waals surface area contributed by atoms with E-state index in [-0.39, 0.29) is 5.16 Å². The number of rotatable bonds is 9. The fraction of sp³-hybridized carbons (Fsp3) is 0.242. The topological polar surface area (TPSA) is 21.6 Å². The Balaban J connectivity index is 1.71. The van der Waals surface area contributed by atoms with E-state index in [1.54, 1.807) is 0 Å². The smallest absolute Gasteiger partial charge is 0.126 e. The Morgan fingerprint density at radius 2 is 1.53 bits per heavy atom. The van der Waals surface area contributed by atoms with Crippen LogP contribution in [0, 0.1) is 20.8 Å². The lowest BCUT2D eigenvalue weighted by atomic mass is 9.92. The summed E-state index contributed by atoms with van der Waals surface area (Å²) in [7, 11) is 0.580. The maximum atomic E-state index is 6.54. The normalized spacial score (nSPS) is 13.4. The predicted octanol–water partition coefficient (Wildman–Crippen LogP) is 8.57. The van der Waals surface area contributed by atoms with Crippen LogP contribution >= 0.6 is 8.58 Å². The summed E-state index contributed by atoms with van der Waals surface area (Å²) in [6, 6.07) is 31.7. The third-order valence-corrected chi connectivity index (χ3v) is 8.87. The Kier molecular flexibility index (Phi) is 8.39. The third kappa shape index (κ3) is 6.12. The molecule has 2 atom stereocenters. The van der Waals surface area contributed by atoms with Gasteiger partial charge in [0.1, 0.15) is 12.4 Å². The summed E-state index contributed by atoms with van der Waals surface area (Å²) < 4.78 is 6.54. The molecule has 0 spiro atoms. The van der Waals surface area contributed by atoms with E-state index < -0.39 is 0 Å². The molecule has 0 saturated carbocycles. The van der Waals surface area contributed by atoms with Crippen LogP contribution in [-0.4, -0.2) is 6.21 Å². The minimum atomic E-state index is -0.0652. The first kappa shape index (κ1) is 25.9. The van der Waals surface area contributed by atoms with Crippen molar-refractivity contribution < 1.29 is 4.74 Å². The molecule has 2 nitrogen and oxygen atoms in total. The molecule has 36 heavy (non-hydrogen) atoms. The van der Waals surface area contributed by atoms with Gasteiger partial charge in [-0.2, -0.15) is 0 Å². The van der Waals surface area contributed by atoms with Gasteiger partial charge in [-0.3, -0.25) is 4.99 Å². The molecule has 0 aromatic heterocycles. The summed E-state index contributed by atoms with van der Waals surface area (Å²) in [4.78, 5) is 4.77. The second-order valence-electron chi connectivity index (χ2n) is 9.68. The van der Waals surface area contributed by atoms with Crippen LogP contribution in [0.2, 0.25) is 0 Å². The molecule has 0 aliphatic carbocycles. The predicted molar refractivity (Wildman–Crippen MR) is 157 cm³/mol. The van der Waals surface area contributed by atoms with Crippen LogP contribution in [0.25, 0.3) is 0 Å². The Hall–Kier alpha value is -3.22. The van der Waals surface area contributed by atoms with Crippen LogP contribution in [-0.2, 0) is 11.8 Å². The van der Waals surface area contributed by atoms with Crippen LogP contribution < -0.4 is 10.0 Å². The van der Waals surface area contributed by atoms with Crippen LogP contribution in [0.1, 0.15) is 53.6 Å². The molecule has 0 bridgehead atoms. The van der Waals surface area contributed by atoms with Gasteiger partial charge in [-0.25, -0.2) is 0 Å². The van der Waals surface area contributed by atoms with Gasteiger partial charge in [0.2, 0.25) is 0 Å². The van der Waals surface area contributed by atoms with Gasteiger partial charge in [0.15, 0.2) is 0 Å². The van der Waals surface area contributed by atoms with Crippen LogP contribution in [0.4, 0.5) is 5.69 Å². The maximum absolute atomic E-state index is 6.54. The lowest BCUT2D eigenvalue weighted by Crippen LogP contribution is -2.23. The molecule has 184 valence electrons. The van der Waals surface area contributed by atoms with E-state index in [2.05, 4.69) is 89.2 Å². The molecule has 2 unspecified atom stereocenters. The van der Waals surface area contributed by atoms with Gasteiger partial charge in [0.05, 0.1) is 5.69 Å². The van der Waals surface area contributed by atoms with Crippen molar-refractivity contribution in [2.45, 2.75) is 52.8 Å². The van der Waals surface area contributed by atoms with E-state index in [0.29, 0.717) is 15.2 Å². The first-order valence-corrected chi connectivity index (χ1v) is 13.6. The Labute approximate surface area is 218 Å². The van der Waals surface area contributed by atoms with Gasteiger partial charge in [0, 0.05) is 22.5 Å². The molecule has 0 aliphatic heterocycles. The SMILES string of the molecule is CCC(C)(Pc1c(C)cccc1C=Nc1ccccc1)c1cc(C)cc(C)c1OCc1ccccc1. The molecular formula is C33H36NOP. The van der Waals surface area contributed by atoms with Gasteiger partial charge in [-0.05, 0) is 61.3 Å². The summed E-state index contributed by atoms with van der Waals surface area (Å²) in [5.41, 5.74) is 8.41. The third-order valence-electron chi connectivity index (χ3n) is 6.76. The van der Waals surface area contributed by atoms with Crippen molar-refractivity contribution in [3.05, 3.63) is 124 Å². The highest BCUT2D eigenvalue weighted by Gasteiger charge is 2.31. The zero-order valence-corrected chi connectivity index (χ0v) is 23.0. The fourth-order valence-electron chi connectivity index (χ4n) is 4.53. The van der Waals surface area contributed by atoms with E-state index in [1.165, 1.54) is 38.7 Å². The molecule has 4 aromatic rings. The molecule has 0 fully saturated rings. The highest BCUT2D eigenvalue weighted by molar-refractivity contribution is 7.49. The van der Waals surface area contributed by atoms with Crippen molar-refractivity contribution >= 4 is 25.8 Å². The second kappa shape index (κ2) is 11.7. The number of nitrogens with zero attached hydrogens (tertiary/aromatic N) is 1. The zero-order chi connectivity index (χ0) is 25.5. The molecule has 0 saturated heterocycles. The molecule has 0 heterocycles.